The predicted molar refractivity (Wildman–Crippen MR) is 190 cm³/mol. The van der Waals surface area contributed by atoms with E-state index in [0.29, 0.717) is 12.8 Å². The molecule has 2 aromatic heterocycles. The maximum atomic E-state index is 12.5. The lowest BCUT2D eigenvalue weighted by Crippen LogP contribution is -2.45. The minimum atomic E-state index is -5.82. The summed E-state index contributed by atoms with van der Waals surface area (Å²) in [6.07, 6.45) is 9.30. The summed E-state index contributed by atoms with van der Waals surface area (Å²) >= 11 is 0. The predicted octanol–water partition coefficient (Wildman–Crippen LogP) is 4.35. The lowest BCUT2D eigenvalue weighted by molar-refractivity contribution is -0.142. The van der Waals surface area contributed by atoms with Crippen LogP contribution in [0.2, 0.25) is 0 Å². The monoisotopic (exact) mass is 795 g/mol. The fraction of sp³-hybridized carbons (Fsp3) is 0.567. The molecule has 6 atom stereocenters. The molecule has 9 N–H and O–H groups in total. The van der Waals surface area contributed by atoms with Crippen molar-refractivity contribution in [1.29, 1.82) is 0 Å². The van der Waals surface area contributed by atoms with Crippen molar-refractivity contribution in [3.8, 4) is 0 Å². The molecule has 52 heavy (non-hydrogen) atoms. The number of anilines is 1. The van der Waals surface area contributed by atoms with Crippen LogP contribution in [0.15, 0.2) is 57.7 Å². The van der Waals surface area contributed by atoms with Gasteiger partial charge in [-0.15, -0.1) is 0 Å². The molecule has 19 nitrogen and oxygen atoms in total. The molecule has 1 aliphatic rings. The van der Waals surface area contributed by atoms with Crippen LogP contribution in [0, 0.1) is 0 Å². The number of hydrogen-bond donors (Lipinski definition) is 8. The lowest BCUT2D eigenvalue weighted by Gasteiger charge is -2.33. The zero-order chi connectivity index (χ0) is 39.1. The summed E-state index contributed by atoms with van der Waals surface area (Å²) in [5.74, 6) is -0.282. The molecule has 1 aliphatic heterocycles. The number of rotatable bonds is 19. The lowest BCUT2D eigenvalue weighted by atomic mass is 9.97. The molecule has 0 bridgehead atoms. The van der Waals surface area contributed by atoms with Gasteiger partial charge in [0.15, 0.2) is 16.9 Å². The Labute approximate surface area is 300 Å². The van der Waals surface area contributed by atoms with E-state index < -0.39 is 59.7 Å². The number of fused-ring (bicyclic) bond motifs is 1. The van der Waals surface area contributed by atoms with Crippen molar-refractivity contribution in [3.63, 3.8) is 0 Å². The van der Waals surface area contributed by atoms with Gasteiger partial charge in [-0.25, -0.2) is 18.7 Å². The van der Waals surface area contributed by atoms with E-state index in [0.717, 1.165) is 37.6 Å². The number of nitrogens with two attached hydrogens (primary N) is 1. The van der Waals surface area contributed by atoms with Gasteiger partial charge in [0, 0.05) is 6.42 Å². The van der Waals surface area contributed by atoms with Crippen LogP contribution in [-0.2, 0) is 37.3 Å². The van der Waals surface area contributed by atoms with Gasteiger partial charge in [0.1, 0.15) is 18.3 Å². The van der Waals surface area contributed by atoms with Gasteiger partial charge < -0.3 is 40.3 Å². The average Bonchev–Trinajstić information content (AvgIpc) is 3.52. The molecule has 0 radical (unpaired) electrons. The highest BCUT2D eigenvalue weighted by Gasteiger charge is 2.56. The minimum Gasteiger partial charge on any atom is -0.387 e. The van der Waals surface area contributed by atoms with E-state index in [1.807, 2.05) is 6.92 Å². The molecule has 0 aliphatic carbocycles. The highest BCUT2D eigenvalue weighted by molar-refractivity contribution is 7.66. The molecule has 0 aromatic carbocycles. The Morgan fingerprint density at radius 2 is 1.48 bits per heavy atom. The number of H-pyrrole nitrogens is 1. The number of imidazole rings is 1. The third kappa shape index (κ3) is 12.8. The van der Waals surface area contributed by atoms with Gasteiger partial charge in [0.25, 0.3) is 5.56 Å². The first-order chi connectivity index (χ1) is 24.0. The van der Waals surface area contributed by atoms with Crippen molar-refractivity contribution in [2.75, 3.05) is 12.3 Å². The average molecular weight is 796 g/mol. The molecule has 2 aromatic rings. The molecule has 0 amide bonds. The third-order valence-corrected chi connectivity index (χ3v) is 11.9. The van der Waals surface area contributed by atoms with Crippen LogP contribution >= 0.6 is 23.5 Å². The molecule has 1 saturated heterocycles. The SMILES string of the molecule is CC(C)=CCC/C(C)=C/CCC(C)=CCC/C(C)=C/C[C@@]1(n2cnc3c(=O)[nH]c(N)nc32)O[C@H](COP(=O)(O)OP(=O)(O)OP(=O)(O)O)[C@@H](O)[C@H]1O. The Balaban J connectivity index is 1.79. The van der Waals surface area contributed by atoms with Gasteiger partial charge in [0.2, 0.25) is 5.95 Å². The molecule has 1 fully saturated rings. The van der Waals surface area contributed by atoms with Crippen LogP contribution in [0.5, 0.6) is 0 Å². The second-order valence-corrected chi connectivity index (χ2v) is 17.2. The Morgan fingerprint density at radius 1 is 0.923 bits per heavy atom. The number of ether oxygens (including phenoxy) is 1. The number of nitrogen functional groups attached to an aromatic ring is 1. The van der Waals surface area contributed by atoms with Crippen LogP contribution in [-0.4, -0.2) is 74.2 Å². The summed E-state index contributed by atoms with van der Waals surface area (Å²) in [7, 11) is -17.0. The number of phosphoric ester groups is 1. The van der Waals surface area contributed by atoms with Crippen LogP contribution < -0.4 is 11.3 Å². The number of allylic oxidation sites excluding steroid dienone is 7. The molecule has 0 spiro atoms. The maximum absolute atomic E-state index is 12.5. The second kappa shape index (κ2) is 18.2. The van der Waals surface area contributed by atoms with Crippen LogP contribution in [0.1, 0.15) is 79.6 Å². The Kier molecular flexibility index (Phi) is 15.3. The molecule has 2 unspecified atom stereocenters. The fourth-order valence-electron chi connectivity index (χ4n) is 5.45. The van der Waals surface area contributed by atoms with Gasteiger partial charge in [-0.05, 0) is 73.1 Å². The van der Waals surface area contributed by atoms with Crippen molar-refractivity contribution in [3.05, 3.63) is 63.3 Å². The molecule has 3 rings (SSSR count). The Bertz CT molecular complexity index is 1900. The number of nitrogens with zero attached hydrogens (tertiary/aromatic N) is 3. The summed E-state index contributed by atoms with van der Waals surface area (Å²) in [4.78, 5) is 59.9. The summed E-state index contributed by atoms with van der Waals surface area (Å²) < 4.78 is 54.4. The second-order valence-electron chi connectivity index (χ2n) is 12.8. The smallest absolute Gasteiger partial charge is 0.387 e. The van der Waals surface area contributed by atoms with Crippen molar-refractivity contribution in [2.45, 2.75) is 104 Å². The number of nitrogens with one attached hydrogen (secondary N) is 1. The first-order valence-electron chi connectivity index (χ1n) is 16.2. The number of aromatic amines is 1. The summed E-state index contributed by atoms with van der Waals surface area (Å²) in [5.41, 5.74) is 7.59. The van der Waals surface area contributed by atoms with E-state index in [2.05, 4.69) is 74.0 Å². The molecular formula is C30H48N5O14P3. The standard InChI is InChI=1S/C30H48N5O14P3/c1-19(2)9-6-10-20(3)11-7-12-21(4)13-8-14-22(5)15-16-30(35-18-32-24-27(35)33-29(31)34-28(24)38)26(37)25(36)23(47-30)17-46-51(42,43)49-52(44,45)48-50(39,40)41/h9,11,13,15,18,23,25-26,36-37H,6-8,10,12,14,16-17H2,1-5H3,(H,42,43)(H,44,45)(H2,39,40,41)(H3,31,33,34,38)/b20-11+,21-13?,22-15+/t23-,25-,26-,30-/m1/s1. The van der Waals surface area contributed by atoms with Gasteiger partial charge in [-0.2, -0.15) is 13.6 Å². The van der Waals surface area contributed by atoms with E-state index >= 15 is 0 Å². The fourth-order valence-corrected chi connectivity index (χ4v) is 8.48. The minimum absolute atomic E-state index is 0.119. The Morgan fingerprint density at radius 3 is 2.04 bits per heavy atom. The van der Waals surface area contributed by atoms with Gasteiger partial charge in [-0.3, -0.25) is 18.9 Å². The zero-order valence-electron chi connectivity index (χ0n) is 29.5. The first-order valence-corrected chi connectivity index (χ1v) is 20.7. The highest BCUT2D eigenvalue weighted by atomic mass is 31.3. The zero-order valence-corrected chi connectivity index (χ0v) is 32.2. The topological polar surface area (TPSA) is 299 Å². The van der Waals surface area contributed by atoms with Crippen molar-refractivity contribution >= 4 is 40.6 Å². The summed E-state index contributed by atoms with van der Waals surface area (Å²) in [6.45, 7) is 9.18. The van der Waals surface area contributed by atoms with Gasteiger partial charge in [0.05, 0.1) is 12.9 Å². The third-order valence-electron chi connectivity index (χ3n) is 8.07. The number of aromatic nitrogens is 4. The van der Waals surface area contributed by atoms with E-state index in [1.165, 1.54) is 21.3 Å². The molecule has 0 saturated carbocycles. The first kappa shape index (κ1) is 43.8. The van der Waals surface area contributed by atoms with Crippen molar-refractivity contribution in [1.82, 2.24) is 19.5 Å². The van der Waals surface area contributed by atoms with E-state index in [4.69, 9.17) is 20.3 Å². The Hall–Kier alpha value is -2.60. The van der Waals surface area contributed by atoms with Crippen LogP contribution in [0.25, 0.3) is 11.2 Å². The van der Waals surface area contributed by atoms with Crippen LogP contribution in [0.3, 0.4) is 0 Å². The number of hydrogen-bond acceptors (Lipinski definition) is 13. The van der Waals surface area contributed by atoms with E-state index in [1.54, 1.807) is 6.08 Å². The number of phosphoric acid groups is 3. The van der Waals surface area contributed by atoms with Crippen LogP contribution in [0.4, 0.5) is 5.95 Å². The van der Waals surface area contributed by atoms with Gasteiger partial charge >= 0.3 is 23.5 Å². The van der Waals surface area contributed by atoms with Crippen molar-refractivity contribution in [2.24, 2.45) is 0 Å². The molecular weight excluding hydrogens is 747 g/mol. The molecule has 22 heteroatoms. The number of aliphatic hydroxyl groups is 2. The van der Waals surface area contributed by atoms with Gasteiger partial charge in [-0.1, -0.05) is 46.6 Å². The van der Waals surface area contributed by atoms with E-state index in [-0.39, 0.29) is 23.5 Å². The van der Waals surface area contributed by atoms with Crippen molar-refractivity contribution < 1.29 is 61.4 Å². The normalized spacial score (nSPS) is 24.2. The maximum Gasteiger partial charge on any atom is 0.490 e. The molecule has 3 heterocycles. The summed E-state index contributed by atoms with van der Waals surface area (Å²) in [6, 6.07) is 0. The largest absolute Gasteiger partial charge is 0.490 e. The highest BCUT2D eigenvalue weighted by Crippen LogP contribution is 2.66. The molecule has 292 valence electrons. The quantitative estimate of drug-likeness (QED) is 0.0724. The number of aliphatic hydroxyl groups excluding tert-OH is 2. The van der Waals surface area contributed by atoms with E-state index in [9.17, 15) is 38.5 Å². The summed E-state index contributed by atoms with van der Waals surface area (Å²) in [5, 5.41) is 22.4.